The number of hydrogen-bond donors (Lipinski definition) is 1. The minimum atomic E-state index is -0.582. The van der Waals surface area contributed by atoms with Gasteiger partial charge in [0, 0.05) is 25.4 Å². The molecule has 2 heterocycles. The molecule has 0 saturated carbocycles. The zero-order valence-corrected chi connectivity index (χ0v) is 17.8. The molecule has 0 unspecified atom stereocenters. The quantitative estimate of drug-likeness (QED) is 0.700. The fraction of sp³-hybridized carbons (Fsp3) is 0.227. The number of hydrogen-bond acceptors (Lipinski definition) is 6. The summed E-state index contributed by atoms with van der Waals surface area (Å²) in [5.74, 6) is 1.81. The molecule has 30 heavy (non-hydrogen) atoms. The van der Waals surface area contributed by atoms with Crippen molar-refractivity contribution in [2.75, 3.05) is 12.4 Å². The highest BCUT2D eigenvalue weighted by molar-refractivity contribution is 8.13. The number of benzene rings is 2. The fourth-order valence-electron chi connectivity index (χ4n) is 3.50. The van der Waals surface area contributed by atoms with Gasteiger partial charge in [0.25, 0.3) is 5.56 Å². The van der Waals surface area contributed by atoms with Gasteiger partial charge in [-0.05, 0) is 11.6 Å². The summed E-state index contributed by atoms with van der Waals surface area (Å²) in [6.45, 7) is 0. The summed E-state index contributed by atoms with van der Waals surface area (Å²) in [5, 5.41) is 3.85. The molecule has 1 atom stereocenters. The van der Waals surface area contributed by atoms with Crippen molar-refractivity contribution in [2.24, 2.45) is 19.1 Å². The summed E-state index contributed by atoms with van der Waals surface area (Å²) in [6, 6.07) is 17.0. The minimum absolute atomic E-state index is 0.368. The standard InChI is InChI=1S/C22H22N4O3S/c1-25-19-17(20(27)26(2)22(25)28)18(15-11-7-8-12-16(15)29-3)23-21(24-19)30-13-14-9-5-4-6-10-14/h4-12,18H,13H2,1-3H3,(H,23,24)/t18-/m1/s1. The lowest BCUT2D eigenvalue weighted by atomic mass is 9.98. The number of nitrogens with one attached hydrogen (secondary N) is 1. The molecule has 0 spiro atoms. The molecule has 0 saturated heterocycles. The van der Waals surface area contributed by atoms with E-state index in [1.807, 2.05) is 54.6 Å². The Bertz CT molecular complexity index is 1230. The molecular formula is C22H22N4O3S. The first-order chi connectivity index (χ1) is 14.5. The maximum atomic E-state index is 13.0. The lowest BCUT2D eigenvalue weighted by Crippen LogP contribution is -2.43. The summed E-state index contributed by atoms with van der Waals surface area (Å²) in [7, 11) is 4.72. The van der Waals surface area contributed by atoms with E-state index in [4.69, 9.17) is 9.73 Å². The molecule has 0 amide bonds. The van der Waals surface area contributed by atoms with Gasteiger partial charge < -0.3 is 10.1 Å². The van der Waals surface area contributed by atoms with Crippen LogP contribution >= 0.6 is 11.8 Å². The second kappa shape index (κ2) is 8.23. The largest absolute Gasteiger partial charge is 0.496 e. The van der Waals surface area contributed by atoms with Crippen molar-refractivity contribution >= 4 is 22.7 Å². The second-order valence-corrected chi connectivity index (χ2v) is 7.91. The first-order valence-electron chi connectivity index (χ1n) is 9.45. The molecule has 3 aromatic rings. The normalized spacial score (nSPS) is 15.2. The molecule has 1 aliphatic rings. The molecule has 0 bridgehead atoms. The number of amidine groups is 1. The van der Waals surface area contributed by atoms with Gasteiger partial charge in [-0.25, -0.2) is 9.79 Å². The van der Waals surface area contributed by atoms with Crippen LogP contribution in [0, 0.1) is 0 Å². The van der Waals surface area contributed by atoms with Crippen LogP contribution in [0.3, 0.4) is 0 Å². The average molecular weight is 423 g/mol. The van der Waals surface area contributed by atoms with Crippen LogP contribution in [0.15, 0.2) is 69.2 Å². The lowest BCUT2D eigenvalue weighted by molar-refractivity contribution is 0.407. The van der Waals surface area contributed by atoms with Gasteiger partial charge in [-0.3, -0.25) is 13.9 Å². The third-order valence-corrected chi connectivity index (χ3v) is 6.06. The minimum Gasteiger partial charge on any atom is -0.496 e. The number of methoxy groups -OCH3 is 1. The number of para-hydroxylation sites is 1. The Balaban J connectivity index is 1.84. The molecule has 0 radical (unpaired) electrons. The summed E-state index contributed by atoms with van der Waals surface area (Å²) in [5.41, 5.74) is 1.60. The number of rotatable bonds is 4. The highest BCUT2D eigenvalue weighted by Gasteiger charge is 2.31. The Kier molecular flexibility index (Phi) is 5.50. The van der Waals surface area contributed by atoms with Gasteiger partial charge in [-0.1, -0.05) is 60.3 Å². The zero-order chi connectivity index (χ0) is 21.3. The van der Waals surface area contributed by atoms with E-state index in [0.717, 1.165) is 15.7 Å². The number of nitrogens with zero attached hydrogens (tertiary/aromatic N) is 3. The molecule has 154 valence electrons. The van der Waals surface area contributed by atoms with Crippen LogP contribution in [0.2, 0.25) is 0 Å². The third-order valence-electron chi connectivity index (χ3n) is 5.10. The van der Waals surface area contributed by atoms with Gasteiger partial charge in [0.2, 0.25) is 0 Å². The summed E-state index contributed by atoms with van der Waals surface area (Å²) >= 11 is 1.52. The Morgan fingerprint density at radius 3 is 2.47 bits per heavy atom. The van der Waals surface area contributed by atoms with Gasteiger partial charge in [0.05, 0.1) is 12.7 Å². The molecule has 1 aliphatic heterocycles. The molecule has 4 rings (SSSR count). The lowest BCUT2D eigenvalue weighted by Gasteiger charge is -2.27. The predicted octanol–water partition coefficient (Wildman–Crippen LogP) is 2.90. The maximum Gasteiger partial charge on any atom is 0.332 e. The van der Waals surface area contributed by atoms with Crippen LogP contribution in [0.4, 0.5) is 5.82 Å². The van der Waals surface area contributed by atoms with E-state index >= 15 is 0 Å². The van der Waals surface area contributed by atoms with Gasteiger partial charge in [0.1, 0.15) is 17.6 Å². The third kappa shape index (κ3) is 3.54. The van der Waals surface area contributed by atoms with E-state index in [0.29, 0.717) is 28.1 Å². The van der Waals surface area contributed by atoms with E-state index in [1.54, 1.807) is 14.2 Å². The molecule has 1 aromatic heterocycles. The van der Waals surface area contributed by atoms with Crippen LogP contribution in [0.1, 0.15) is 22.7 Å². The first-order valence-corrected chi connectivity index (χ1v) is 10.4. The van der Waals surface area contributed by atoms with Gasteiger partial charge >= 0.3 is 5.69 Å². The van der Waals surface area contributed by atoms with Crippen molar-refractivity contribution in [3.05, 3.63) is 92.1 Å². The highest BCUT2D eigenvalue weighted by Crippen LogP contribution is 2.38. The molecule has 0 aliphatic carbocycles. The Morgan fingerprint density at radius 2 is 1.73 bits per heavy atom. The van der Waals surface area contributed by atoms with Crippen LogP contribution in [0.5, 0.6) is 5.75 Å². The SMILES string of the molecule is COc1ccccc1[C@H]1N=C(SCc2ccccc2)Nc2c1c(=O)n(C)c(=O)n2C. The van der Waals surface area contributed by atoms with Crippen molar-refractivity contribution in [1.82, 2.24) is 9.13 Å². The number of aromatic nitrogens is 2. The van der Waals surface area contributed by atoms with Crippen LogP contribution in [0.25, 0.3) is 0 Å². The Hall–Kier alpha value is -3.26. The second-order valence-electron chi connectivity index (χ2n) is 6.95. The molecular weight excluding hydrogens is 400 g/mol. The van der Waals surface area contributed by atoms with E-state index in [-0.39, 0.29) is 11.2 Å². The number of fused-ring (bicyclic) bond motifs is 1. The predicted molar refractivity (Wildman–Crippen MR) is 121 cm³/mol. The number of aliphatic imine (C=N–C) groups is 1. The highest BCUT2D eigenvalue weighted by atomic mass is 32.2. The van der Waals surface area contributed by atoms with Gasteiger partial charge in [-0.2, -0.15) is 0 Å². The zero-order valence-electron chi connectivity index (χ0n) is 17.0. The number of thioether (sulfide) groups is 1. The molecule has 8 heteroatoms. The van der Waals surface area contributed by atoms with Crippen molar-refractivity contribution in [3.63, 3.8) is 0 Å². The molecule has 7 nitrogen and oxygen atoms in total. The van der Waals surface area contributed by atoms with Gasteiger partial charge in [0.15, 0.2) is 5.17 Å². The average Bonchev–Trinajstić information content (AvgIpc) is 2.80. The van der Waals surface area contributed by atoms with E-state index in [1.165, 1.54) is 23.4 Å². The Morgan fingerprint density at radius 1 is 1.03 bits per heavy atom. The van der Waals surface area contributed by atoms with Crippen LogP contribution < -0.4 is 21.3 Å². The number of ether oxygens (including phenoxy) is 1. The summed E-state index contributed by atoms with van der Waals surface area (Å²) in [6.07, 6.45) is 0. The molecule has 2 aromatic carbocycles. The first kappa shape index (κ1) is 20.0. The smallest absolute Gasteiger partial charge is 0.332 e. The molecule has 1 N–H and O–H groups in total. The van der Waals surface area contributed by atoms with Crippen molar-refractivity contribution in [3.8, 4) is 5.75 Å². The molecule has 0 fully saturated rings. The van der Waals surface area contributed by atoms with Crippen molar-refractivity contribution in [2.45, 2.75) is 11.8 Å². The monoisotopic (exact) mass is 422 g/mol. The van der Waals surface area contributed by atoms with Gasteiger partial charge in [-0.15, -0.1) is 0 Å². The van der Waals surface area contributed by atoms with E-state index < -0.39 is 6.04 Å². The van der Waals surface area contributed by atoms with Crippen molar-refractivity contribution < 1.29 is 4.74 Å². The fourth-order valence-corrected chi connectivity index (χ4v) is 4.34. The van der Waals surface area contributed by atoms with Crippen LogP contribution in [-0.4, -0.2) is 21.4 Å². The number of anilines is 1. The summed E-state index contributed by atoms with van der Waals surface area (Å²) in [4.78, 5) is 30.4. The van der Waals surface area contributed by atoms with E-state index in [2.05, 4.69) is 5.32 Å². The maximum absolute atomic E-state index is 13.0. The topological polar surface area (TPSA) is 77.6 Å². The van der Waals surface area contributed by atoms with E-state index in [9.17, 15) is 9.59 Å². The summed E-state index contributed by atoms with van der Waals surface area (Å²) < 4.78 is 8.10. The van der Waals surface area contributed by atoms with Crippen molar-refractivity contribution in [1.29, 1.82) is 0 Å². The van der Waals surface area contributed by atoms with Crippen LogP contribution in [-0.2, 0) is 19.8 Å². The Labute approximate surface area is 178 Å².